The van der Waals surface area contributed by atoms with Gasteiger partial charge in [0.15, 0.2) is 11.0 Å². The first-order valence-electron chi connectivity index (χ1n) is 7.54. The van der Waals surface area contributed by atoms with Gasteiger partial charge in [0.2, 0.25) is 5.91 Å². The predicted octanol–water partition coefficient (Wildman–Crippen LogP) is 2.86. The van der Waals surface area contributed by atoms with Crippen molar-refractivity contribution < 1.29 is 9.21 Å². The minimum absolute atomic E-state index is 0.379. The molecule has 0 saturated carbocycles. The number of rotatable bonds is 6. The van der Waals surface area contributed by atoms with Gasteiger partial charge in [-0.15, -0.1) is 10.2 Å². The number of hydrogen-bond acceptors (Lipinski definition) is 5. The second kappa shape index (κ2) is 6.92. The van der Waals surface area contributed by atoms with E-state index in [-0.39, 0.29) is 11.2 Å². The Morgan fingerprint density at radius 2 is 2.04 bits per heavy atom. The van der Waals surface area contributed by atoms with Crippen molar-refractivity contribution in [3.63, 3.8) is 0 Å². The molecule has 1 unspecified atom stereocenters. The normalized spacial score (nSPS) is 12.2. The standard InChI is InChI=1S/C17H18N4O2S/c1-11-14(8-9-23-11)16-19-20-17(24-12(2)15(18)22)21(16)10-13-6-4-3-5-7-13/h3-9,12H,10H2,1-2H3,(H2,18,22). The number of hydrogen-bond donors (Lipinski definition) is 1. The molecule has 124 valence electrons. The van der Waals surface area contributed by atoms with Gasteiger partial charge in [-0.1, -0.05) is 42.1 Å². The summed E-state index contributed by atoms with van der Waals surface area (Å²) in [5, 5.41) is 8.83. The van der Waals surface area contributed by atoms with Crippen molar-refractivity contribution in [3.8, 4) is 11.4 Å². The van der Waals surface area contributed by atoms with E-state index >= 15 is 0 Å². The first kappa shape index (κ1) is 16.3. The molecule has 1 atom stereocenters. The van der Waals surface area contributed by atoms with Gasteiger partial charge in [0.1, 0.15) is 5.76 Å². The molecule has 0 aliphatic rings. The molecule has 3 rings (SSSR count). The Labute approximate surface area is 144 Å². The summed E-state index contributed by atoms with van der Waals surface area (Å²) in [7, 11) is 0. The Bertz CT molecular complexity index is 841. The summed E-state index contributed by atoms with van der Waals surface area (Å²) in [6, 6.07) is 11.9. The number of aryl methyl sites for hydroxylation is 1. The highest BCUT2D eigenvalue weighted by Gasteiger charge is 2.21. The van der Waals surface area contributed by atoms with Crippen molar-refractivity contribution in [3.05, 3.63) is 54.0 Å². The number of benzene rings is 1. The highest BCUT2D eigenvalue weighted by molar-refractivity contribution is 8.00. The number of nitrogens with two attached hydrogens (primary N) is 1. The average Bonchev–Trinajstić information content (AvgIpc) is 3.15. The van der Waals surface area contributed by atoms with Crippen molar-refractivity contribution in [2.75, 3.05) is 0 Å². The summed E-state index contributed by atoms with van der Waals surface area (Å²) >= 11 is 1.31. The molecule has 2 N–H and O–H groups in total. The summed E-state index contributed by atoms with van der Waals surface area (Å²) in [4.78, 5) is 11.4. The largest absolute Gasteiger partial charge is 0.469 e. The third-order valence-corrected chi connectivity index (χ3v) is 4.78. The van der Waals surface area contributed by atoms with Crippen LogP contribution >= 0.6 is 11.8 Å². The molecule has 0 bridgehead atoms. The van der Waals surface area contributed by atoms with E-state index < -0.39 is 0 Å². The predicted molar refractivity (Wildman–Crippen MR) is 92.5 cm³/mol. The molecule has 2 aromatic heterocycles. The zero-order valence-electron chi connectivity index (χ0n) is 13.5. The van der Waals surface area contributed by atoms with Gasteiger partial charge >= 0.3 is 0 Å². The molecular weight excluding hydrogens is 324 g/mol. The van der Waals surface area contributed by atoms with E-state index in [1.165, 1.54) is 11.8 Å². The van der Waals surface area contributed by atoms with Crippen LogP contribution < -0.4 is 5.73 Å². The van der Waals surface area contributed by atoms with Crippen LogP contribution in [-0.2, 0) is 11.3 Å². The van der Waals surface area contributed by atoms with Gasteiger partial charge in [-0.3, -0.25) is 9.36 Å². The monoisotopic (exact) mass is 342 g/mol. The Kier molecular flexibility index (Phi) is 4.71. The number of aromatic nitrogens is 3. The van der Waals surface area contributed by atoms with Crippen LogP contribution in [-0.4, -0.2) is 25.9 Å². The van der Waals surface area contributed by atoms with Crippen LogP contribution in [0.25, 0.3) is 11.4 Å². The summed E-state index contributed by atoms with van der Waals surface area (Å²) in [5.41, 5.74) is 7.38. The van der Waals surface area contributed by atoms with E-state index in [4.69, 9.17) is 10.2 Å². The molecule has 0 aliphatic heterocycles. The Morgan fingerprint density at radius 1 is 1.29 bits per heavy atom. The minimum Gasteiger partial charge on any atom is -0.469 e. The maximum atomic E-state index is 11.4. The SMILES string of the molecule is Cc1occc1-c1nnc(SC(C)C(N)=O)n1Cc1ccccc1. The number of furan rings is 1. The molecule has 3 aromatic rings. The lowest BCUT2D eigenvalue weighted by molar-refractivity contribution is -0.117. The summed E-state index contributed by atoms with van der Waals surface area (Å²) in [5.74, 6) is 1.11. The quantitative estimate of drug-likeness (QED) is 0.696. The molecule has 2 heterocycles. The molecule has 24 heavy (non-hydrogen) atoms. The third-order valence-electron chi connectivity index (χ3n) is 3.68. The zero-order valence-corrected chi connectivity index (χ0v) is 14.3. The molecule has 1 amide bonds. The van der Waals surface area contributed by atoms with E-state index in [9.17, 15) is 4.79 Å². The Balaban J connectivity index is 2.02. The first-order chi connectivity index (χ1) is 11.6. The number of nitrogens with zero attached hydrogens (tertiary/aromatic N) is 3. The van der Waals surface area contributed by atoms with E-state index in [2.05, 4.69) is 10.2 Å². The van der Waals surface area contributed by atoms with Gasteiger partial charge < -0.3 is 10.2 Å². The minimum atomic E-state index is -0.387. The Hall–Kier alpha value is -2.54. The summed E-state index contributed by atoms with van der Waals surface area (Å²) in [6.07, 6.45) is 1.63. The van der Waals surface area contributed by atoms with Gasteiger partial charge in [-0.05, 0) is 25.5 Å². The van der Waals surface area contributed by atoms with Crippen molar-refractivity contribution in [1.82, 2.24) is 14.8 Å². The van der Waals surface area contributed by atoms with Crippen LogP contribution in [0.5, 0.6) is 0 Å². The summed E-state index contributed by atoms with van der Waals surface area (Å²) in [6.45, 7) is 4.24. The number of carbonyl (C=O) groups is 1. The van der Waals surface area contributed by atoms with E-state index in [0.717, 1.165) is 16.9 Å². The smallest absolute Gasteiger partial charge is 0.230 e. The molecule has 0 spiro atoms. The second-order valence-electron chi connectivity index (χ2n) is 5.43. The third kappa shape index (κ3) is 3.35. The molecule has 6 nitrogen and oxygen atoms in total. The van der Waals surface area contributed by atoms with Gasteiger partial charge in [-0.25, -0.2) is 0 Å². The topological polar surface area (TPSA) is 86.9 Å². The molecule has 1 aromatic carbocycles. The fraction of sp³-hybridized carbons (Fsp3) is 0.235. The second-order valence-corrected chi connectivity index (χ2v) is 6.74. The first-order valence-corrected chi connectivity index (χ1v) is 8.42. The van der Waals surface area contributed by atoms with Crippen molar-refractivity contribution >= 4 is 17.7 Å². The number of primary amides is 1. The number of carbonyl (C=O) groups excluding carboxylic acids is 1. The molecule has 7 heteroatoms. The zero-order chi connectivity index (χ0) is 17.1. The average molecular weight is 342 g/mol. The van der Waals surface area contributed by atoms with Gasteiger partial charge in [0, 0.05) is 0 Å². The molecule has 0 saturated heterocycles. The molecular formula is C17H18N4O2S. The van der Waals surface area contributed by atoms with Crippen molar-refractivity contribution in [2.24, 2.45) is 5.73 Å². The highest BCUT2D eigenvalue weighted by Crippen LogP contribution is 2.29. The van der Waals surface area contributed by atoms with Crippen LogP contribution in [0.2, 0.25) is 0 Å². The van der Waals surface area contributed by atoms with Crippen LogP contribution in [0.4, 0.5) is 0 Å². The summed E-state index contributed by atoms with van der Waals surface area (Å²) < 4.78 is 7.37. The van der Waals surface area contributed by atoms with Gasteiger partial charge in [-0.2, -0.15) is 0 Å². The molecule has 0 aliphatic carbocycles. The maximum absolute atomic E-state index is 11.4. The maximum Gasteiger partial charge on any atom is 0.230 e. The lowest BCUT2D eigenvalue weighted by atomic mass is 10.2. The van der Waals surface area contributed by atoms with E-state index in [1.807, 2.05) is 47.9 Å². The van der Waals surface area contributed by atoms with Crippen LogP contribution in [0, 0.1) is 6.92 Å². The Morgan fingerprint density at radius 3 is 2.67 bits per heavy atom. The highest BCUT2D eigenvalue weighted by atomic mass is 32.2. The number of thioether (sulfide) groups is 1. The van der Waals surface area contributed by atoms with Gasteiger partial charge in [0.05, 0.1) is 23.6 Å². The van der Waals surface area contributed by atoms with Crippen LogP contribution in [0.3, 0.4) is 0 Å². The van der Waals surface area contributed by atoms with Crippen molar-refractivity contribution in [1.29, 1.82) is 0 Å². The molecule has 0 fully saturated rings. The van der Waals surface area contributed by atoms with Gasteiger partial charge in [0.25, 0.3) is 0 Å². The molecule has 0 radical (unpaired) electrons. The fourth-order valence-electron chi connectivity index (χ4n) is 2.32. The van der Waals surface area contributed by atoms with Crippen LogP contribution in [0.15, 0.2) is 52.2 Å². The van der Waals surface area contributed by atoms with E-state index in [0.29, 0.717) is 17.5 Å². The fourth-order valence-corrected chi connectivity index (χ4v) is 3.12. The lowest BCUT2D eigenvalue weighted by Crippen LogP contribution is -2.23. The van der Waals surface area contributed by atoms with Crippen molar-refractivity contribution in [2.45, 2.75) is 30.8 Å². The van der Waals surface area contributed by atoms with E-state index in [1.54, 1.807) is 13.2 Å². The lowest BCUT2D eigenvalue weighted by Gasteiger charge is -2.11. The number of amides is 1. The van der Waals surface area contributed by atoms with Crippen LogP contribution in [0.1, 0.15) is 18.2 Å².